The Hall–Kier alpha value is -2.87. The Morgan fingerprint density at radius 3 is 2.59 bits per heavy atom. The Morgan fingerprint density at radius 2 is 1.81 bits per heavy atom. The first kappa shape index (κ1) is 22.3. The molecule has 1 aliphatic heterocycles. The van der Waals surface area contributed by atoms with Gasteiger partial charge in [0, 0.05) is 34.3 Å². The van der Waals surface area contributed by atoms with E-state index in [2.05, 4.69) is 27.8 Å². The SMILES string of the molecule is N.NCC1CCC(CNCc2[nH]c3ccccc3c2C2NC(=O)c3ccc(O)cc32)CC1. The van der Waals surface area contributed by atoms with E-state index in [1.807, 2.05) is 12.1 Å². The fourth-order valence-corrected chi connectivity index (χ4v) is 5.27. The number of nitrogens with one attached hydrogen (secondary N) is 3. The van der Waals surface area contributed by atoms with E-state index in [0.717, 1.165) is 40.8 Å². The highest BCUT2D eigenvalue weighted by atomic mass is 16.3. The highest BCUT2D eigenvalue weighted by Gasteiger charge is 2.33. The molecule has 5 rings (SSSR count). The fraction of sp³-hybridized carbons (Fsp3) is 0.400. The number of aromatic hydroxyl groups is 1. The molecule has 0 bridgehead atoms. The molecule has 1 aliphatic carbocycles. The first-order chi connectivity index (χ1) is 15.1. The number of nitrogens with two attached hydrogens (primary N) is 1. The van der Waals surface area contributed by atoms with Crippen LogP contribution in [0.5, 0.6) is 5.75 Å². The van der Waals surface area contributed by atoms with Crippen LogP contribution in [-0.4, -0.2) is 29.1 Å². The van der Waals surface area contributed by atoms with Crippen molar-refractivity contribution in [1.29, 1.82) is 0 Å². The molecule has 1 saturated carbocycles. The van der Waals surface area contributed by atoms with Crippen molar-refractivity contribution in [1.82, 2.24) is 21.8 Å². The summed E-state index contributed by atoms with van der Waals surface area (Å²) in [5, 5.41) is 17.9. The smallest absolute Gasteiger partial charge is 0.252 e. The summed E-state index contributed by atoms with van der Waals surface area (Å²) in [6.07, 6.45) is 4.93. The molecule has 9 N–H and O–H groups in total. The predicted octanol–water partition coefficient (Wildman–Crippen LogP) is 3.72. The molecule has 0 spiro atoms. The van der Waals surface area contributed by atoms with Gasteiger partial charge in [-0.15, -0.1) is 0 Å². The Bertz CT molecular complexity index is 1100. The monoisotopic (exact) mass is 435 g/mol. The quantitative estimate of drug-likeness (QED) is 0.350. The molecule has 3 aromatic rings. The molecule has 2 heterocycles. The number of phenolic OH excluding ortho intramolecular Hbond substituents is 1. The Labute approximate surface area is 188 Å². The van der Waals surface area contributed by atoms with Crippen LogP contribution >= 0.6 is 0 Å². The van der Waals surface area contributed by atoms with Gasteiger partial charge in [-0.25, -0.2) is 0 Å². The topological polar surface area (TPSA) is 138 Å². The largest absolute Gasteiger partial charge is 0.508 e. The number of carbonyl (C=O) groups is 1. The molecule has 1 unspecified atom stereocenters. The maximum absolute atomic E-state index is 12.6. The summed E-state index contributed by atoms with van der Waals surface area (Å²) in [6.45, 7) is 2.50. The Balaban J connectivity index is 0.00000245. The van der Waals surface area contributed by atoms with E-state index in [9.17, 15) is 9.90 Å². The fourth-order valence-electron chi connectivity index (χ4n) is 5.27. The number of hydrogen-bond donors (Lipinski definition) is 6. The van der Waals surface area contributed by atoms with Gasteiger partial charge in [-0.05, 0) is 80.4 Å². The summed E-state index contributed by atoms with van der Waals surface area (Å²) in [5.74, 6) is 1.47. The van der Waals surface area contributed by atoms with Crippen molar-refractivity contribution < 1.29 is 9.90 Å². The van der Waals surface area contributed by atoms with Gasteiger partial charge in [0.2, 0.25) is 0 Å². The number of para-hydroxylation sites is 1. The van der Waals surface area contributed by atoms with Crippen molar-refractivity contribution >= 4 is 16.8 Å². The third kappa shape index (κ3) is 4.11. The number of hydrogen-bond acceptors (Lipinski definition) is 5. The van der Waals surface area contributed by atoms with Gasteiger partial charge in [-0.3, -0.25) is 4.79 Å². The number of carbonyl (C=O) groups excluding carboxylic acids is 1. The van der Waals surface area contributed by atoms with Crippen molar-refractivity contribution in [3.05, 3.63) is 64.8 Å². The summed E-state index contributed by atoms with van der Waals surface area (Å²) in [7, 11) is 0. The zero-order valence-electron chi connectivity index (χ0n) is 18.4. The number of amides is 1. The molecule has 0 radical (unpaired) electrons. The van der Waals surface area contributed by atoms with Crippen molar-refractivity contribution in [3.63, 3.8) is 0 Å². The van der Waals surface area contributed by atoms with Crippen molar-refractivity contribution in [2.45, 2.75) is 38.3 Å². The highest BCUT2D eigenvalue weighted by Crippen LogP contribution is 2.38. The maximum Gasteiger partial charge on any atom is 0.252 e. The second-order valence-corrected chi connectivity index (χ2v) is 8.99. The van der Waals surface area contributed by atoms with Gasteiger partial charge in [0.15, 0.2) is 0 Å². The second kappa shape index (κ2) is 9.32. The van der Waals surface area contributed by atoms with E-state index < -0.39 is 0 Å². The van der Waals surface area contributed by atoms with Crippen LogP contribution in [0.25, 0.3) is 10.9 Å². The van der Waals surface area contributed by atoms with Gasteiger partial charge in [0.05, 0.1) is 6.04 Å². The molecule has 170 valence electrons. The van der Waals surface area contributed by atoms with Crippen LogP contribution in [0.15, 0.2) is 42.5 Å². The number of aromatic nitrogens is 1. The average Bonchev–Trinajstić information content (AvgIpc) is 3.31. The number of phenols is 1. The van der Waals surface area contributed by atoms with Crippen LogP contribution in [0.1, 0.15) is 58.9 Å². The van der Waals surface area contributed by atoms with E-state index in [1.165, 1.54) is 25.7 Å². The van der Waals surface area contributed by atoms with Crippen LogP contribution in [0.2, 0.25) is 0 Å². The van der Waals surface area contributed by atoms with Gasteiger partial charge in [0.25, 0.3) is 5.91 Å². The standard InChI is InChI=1S/C25H30N4O2.H3N/c26-12-15-5-7-16(8-6-15)13-27-14-22-23(19-3-1-2-4-21(19)28-22)24-20-11-17(30)9-10-18(20)25(31)29-24;/h1-4,9-11,15-16,24,27-28,30H,5-8,12-14,26H2,(H,29,31);1H3. The van der Waals surface area contributed by atoms with Gasteiger partial charge in [-0.1, -0.05) is 18.2 Å². The molecule has 0 saturated heterocycles. The lowest BCUT2D eigenvalue weighted by Gasteiger charge is -2.27. The molecule has 2 aliphatic rings. The average molecular weight is 436 g/mol. The molecule has 7 nitrogen and oxygen atoms in total. The van der Waals surface area contributed by atoms with E-state index in [-0.39, 0.29) is 23.8 Å². The molecular weight excluding hydrogens is 402 g/mol. The van der Waals surface area contributed by atoms with Crippen molar-refractivity contribution in [2.75, 3.05) is 13.1 Å². The molecule has 1 amide bonds. The third-order valence-corrected chi connectivity index (χ3v) is 7.02. The molecule has 7 heteroatoms. The second-order valence-electron chi connectivity index (χ2n) is 8.99. The van der Waals surface area contributed by atoms with Gasteiger partial charge >= 0.3 is 0 Å². The number of fused-ring (bicyclic) bond motifs is 2. The zero-order valence-corrected chi connectivity index (χ0v) is 18.4. The van der Waals surface area contributed by atoms with E-state index in [4.69, 9.17) is 5.73 Å². The summed E-state index contributed by atoms with van der Waals surface area (Å²) >= 11 is 0. The zero-order chi connectivity index (χ0) is 21.4. The minimum absolute atomic E-state index is 0. The van der Waals surface area contributed by atoms with Crippen molar-refractivity contribution in [2.24, 2.45) is 17.6 Å². The van der Waals surface area contributed by atoms with Crippen LogP contribution in [0.4, 0.5) is 0 Å². The molecule has 1 fully saturated rings. The summed E-state index contributed by atoms with van der Waals surface area (Å²) in [4.78, 5) is 16.1. The minimum Gasteiger partial charge on any atom is -0.508 e. The van der Waals surface area contributed by atoms with E-state index in [0.29, 0.717) is 23.9 Å². The van der Waals surface area contributed by atoms with Gasteiger partial charge in [0.1, 0.15) is 5.75 Å². The van der Waals surface area contributed by atoms with Crippen LogP contribution in [0.3, 0.4) is 0 Å². The van der Waals surface area contributed by atoms with Crippen LogP contribution in [-0.2, 0) is 6.54 Å². The lowest BCUT2D eigenvalue weighted by atomic mass is 9.82. The van der Waals surface area contributed by atoms with Crippen molar-refractivity contribution in [3.8, 4) is 5.75 Å². The first-order valence-electron chi connectivity index (χ1n) is 11.3. The maximum atomic E-state index is 12.6. The minimum atomic E-state index is -0.275. The molecule has 1 atom stereocenters. The number of H-pyrrole nitrogens is 1. The lowest BCUT2D eigenvalue weighted by Crippen LogP contribution is -2.29. The molecular formula is C25H33N5O2. The molecule has 2 aromatic carbocycles. The van der Waals surface area contributed by atoms with E-state index >= 15 is 0 Å². The lowest BCUT2D eigenvalue weighted by molar-refractivity contribution is 0.0960. The molecule has 32 heavy (non-hydrogen) atoms. The Kier molecular flexibility index (Phi) is 6.50. The van der Waals surface area contributed by atoms with Gasteiger partial charge < -0.3 is 32.6 Å². The highest BCUT2D eigenvalue weighted by molar-refractivity contribution is 6.01. The summed E-state index contributed by atoms with van der Waals surface area (Å²) in [6, 6.07) is 12.9. The first-order valence-corrected chi connectivity index (χ1v) is 11.3. The predicted molar refractivity (Wildman–Crippen MR) is 127 cm³/mol. The molecule has 1 aromatic heterocycles. The Morgan fingerprint density at radius 1 is 1.06 bits per heavy atom. The van der Waals surface area contributed by atoms with Crippen LogP contribution < -0.4 is 22.5 Å². The van der Waals surface area contributed by atoms with Crippen LogP contribution in [0, 0.1) is 11.8 Å². The van der Waals surface area contributed by atoms with Gasteiger partial charge in [-0.2, -0.15) is 0 Å². The number of rotatable bonds is 6. The normalized spacial score (nSPS) is 22.4. The number of benzene rings is 2. The third-order valence-electron chi connectivity index (χ3n) is 7.02. The number of aromatic amines is 1. The summed E-state index contributed by atoms with van der Waals surface area (Å²) in [5.41, 5.74) is 10.5. The van der Waals surface area contributed by atoms with E-state index in [1.54, 1.807) is 18.2 Å². The summed E-state index contributed by atoms with van der Waals surface area (Å²) < 4.78 is 0.